The minimum atomic E-state index is -0.650. The van der Waals surface area contributed by atoms with Crippen molar-refractivity contribution in [3.8, 4) is 23.0 Å². The van der Waals surface area contributed by atoms with Crippen LogP contribution in [0.1, 0.15) is 23.7 Å². The highest BCUT2D eigenvalue weighted by molar-refractivity contribution is 6.07. The van der Waals surface area contributed by atoms with Crippen molar-refractivity contribution in [2.75, 3.05) is 32.2 Å². The van der Waals surface area contributed by atoms with Gasteiger partial charge in [-0.1, -0.05) is 0 Å². The molecular formula is C19H20N2O7. The van der Waals surface area contributed by atoms with Crippen LogP contribution in [0.25, 0.3) is 0 Å². The summed E-state index contributed by atoms with van der Waals surface area (Å²) in [5.41, 5.74) is -0.0927. The fourth-order valence-corrected chi connectivity index (χ4v) is 2.75. The fourth-order valence-electron chi connectivity index (χ4n) is 2.75. The first-order chi connectivity index (χ1) is 13.5. The number of hydrogen-bond donors (Lipinski definition) is 1. The van der Waals surface area contributed by atoms with Gasteiger partial charge in [0.1, 0.15) is 5.56 Å². The summed E-state index contributed by atoms with van der Waals surface area (Å²) in [6.45, 7) is 3.11. The van der Waals surface area contributed by atoms with Gasteiger partial charge >= 0.3 is 0 Å². The molecule has 1 aliphatic rings. The molecule has 0 spiro atoms. The van der Waals surface area contributed by atoms with E-state index in [-0.39, 0.29) is 22.7 Å². The summed E-state index contributed by atoms with van der Waals surface area (Å²) in [6.07, 6.45) is 0.758. The highest BCUT2D eigenvalue weighted by Crippen LogP contribution is 2.36. The molecule has 0 saturated carbocycles. The van der Waals surface area contributed by atoms with Gasteiger partial charge in [0.25, 0.3) is 11.6 Å². The van der Waals surface area contributed by atoms with Crippen LogP contribution < -0.4 is 24.3 Å². The number of nitrogens with one attached hydrogen (secondary N) is 1. The van der Waals surface area contributed by atoms with Gasteiger partial charge < -0.3 is 24.3 Å². The zero-order chi connectivity index (χ0) is 20.1. The molecule has 3 rings (SSSR count). The van der Waals surface area contributed by atoms with Crippen LogP contribution in [0.3, 0.4) is 0 Å². The zero-order valence-corrected chi connectivity index (χ0v) is 15.5. The molecule has 0 saturated heterocycles. The maximum atomic E-state index is 12.7. The van der Waals surface area contributed by atoms with Gasteiger partial charge in [-0.05, 0) is 19.1 Å². The number of nitro groups is 1. The number of nitrogens with zero attached hydrogens (tertiary/aromatic N) is 1. The van der Waals surface area contributed by atoms with Gasteiger partial charge in [0.2, 0.25) is 0 Å². The fraction of sp³-hybridized carbons (Fsp3) is 0.316. The van der Waals surface area contributed by atoms with E-state index in [1.54, 1.807) is 25.1 Å². The number of ether oxygens (including phenoxy) is 4. The zero-order valence-electron chi connectivity index (χ0n) is 15.5. The Bertz CT molecular complexity index is 898. The van der Waals surface area contributed by atoms with Crippen molar-refractivity contribution in [1.82, 2.24) is 0 Å². The Morgan fingerprint density at radius 1 is 1.18 bits per heavy atom. The highest BCUT2D eigenvalue weighted by Gasteiger charge is 2.25. The number of carbonyl (C=O) groups excluding carboxylic acids is 1. The molecule has 0 aliphatic carbocycles. The van der Waals surface area contributed by atoms with Gasteiger partial charge in [-0.25, -0.2) is 0 Å². The molecule has 2 aromatic carbocycles. The normalized spacial score (nSPS) is 12.6. The number of benzene rings is 2. The Morgan fingerprint density at radius 2 is 1.93 bits per heavy atom. The molecule has 0 unspecified atom stereocenters. The summed E-state index contributed by atoms with van der Waals surface area (Å²) >= 11 is 0. The van der Waals surface area contributed by atoms with Crippen LogP contribution in [0.2, 0.25) is 0 Å². The standard InChI is InChI=1S/C19H20N2O7/c1-3-26-18-11-14(21(23)24)13(10-16(18)25-2)19(22)20-12-5-6-15-17(9-12)28-8-4-7-27-15/h5-6,9-11H,3-4,7-8H2,1-2H3,(H,20,22). The molecule has 1 N–H and O–H groups in total. The third-order valence-electron chi connectivity index (χ3n) is 4.03. The molecule has 0 aromatic heterocycles. The number of methoxy groups -OCH3 is 1. The summed E-state index contributed by atoms with van der Waals surface area (Å²) in [7, 11) is 1.40. The maximum absolute atomic E-state index is 12.7. The lowest BCUT2D eigenvalue weighted by Gasteiger charge is -2.13. The van der Waals surface area contributed by atoms with Gasteiger partial charge in [-0.15, -0.1) is 0 Å². The Kier molecular flexibility index (Phi) is 5.83. The predicted molar refractivity (Wildman–Crippen MR) is 101 cm³/mol. The number of rotatable bonds is 6. The van der Waals surface area contributed by atoms with Crippen LogP contribution in [0, 0.1) is 10.1 Å². The third kappa shape index (κ3) is 4.08. The molecule has 148 valence electrons. The average Bonchev–Trinajstić information content (AvgIpc) is 2.92. The van der Waals surface area contributed by atoms with Crippen molar-refractivity contribution in [3.63, 3.8) is 0 Å². The first-order valence-corrected chi connectivity index (χ1v) is 8.73. The van der Waals surface area contributed by atoms with E-state index in [2.05, 4.69) is 5.32 Å². The largest absolute Gasteiger partial charge is 0.493 e. The second-order valence-electron chi connectivity index (χ2n) is 5.88. The number of fused-ring (bicyclic) bond motifs is 1. The van der Waals surface area contributed by atoms with Crippen molar-refractivity contribution in [1.29, 1.82) is 0 Å². The van der Waals surface area contributed by atoms with Gasteiger partial charge in [-0.2, -0.15) is 0 Å². The van der Waals surface area contributed by atoms with Crippen LogP contribution in [0.15, 0.2) is 30.3 Å². The monoisotopic (exact) mass is 388 g/mol. The summed E-state index contributed by atoms with van der Waals surface area (Å²) in [4.78, 5) is 23.6. The van der Waals surface area contributed by atoms with E-state index in [9.17, 15) is 14.9 Å². The predicted octanol–water partition coefficient (Wildman–Crippen LogP) is 3.42. The molecule has 0 fully saturated rings. The van der Waals surface area contributed by atoms with Crippen molar-refractivity contribution in [2.24, 2.45) is 0 Å². The minimum absolute atomic E-state index is 0.141. The van der Waals surface area contributed by atoms with E-state index < -0.39 is 10.8 Å². The highest BCUT2D eigenvalue weighted by atomic mass is 16.6. The van der Waals surface area contributed by atoms with Crippen LogP contribution in [0.5, 0.6) is 23.0 Å². The topological polar surface area (TPSA) is 109 Å². The molecule has 0 atom stereocenters. The number of carbonyl (C=O) groups is 1. The van der Waals surface area contributed by atoms with E-state index in [1.807, 2.05) is 0 Å². The van der Waals surface area contributed by atoms with Crippen LogP contribution >= 0.6 is 0 Å². The van der Waals surface area contributed by atoms with E-state index in [1.165, 1.54) is 19.2 Å². The molecule has 1 aliphatic heterocycles. The first-order valence-electron chi connectivity index (χ1n) is 8.73. The Hall–Kier alpha value is -3.49. The summed E-state index contributed by atoms with van der Waals surface area (Å²) in [5, 5.41) is 14.1. The Morgan fingerprint density at radius 3 is 2.61 bits per heavy atom. The lowest BCUT2D eigenvalue weighted by Crippen LogP contribution is -2.14. The van der Waals surface area contributed by atoms with Gasteiger partial charge in [0.05, 0.1) is 37.9 Å². The molecule has 0 radical (unpaired) electrons. The smallest absolute Gasteiger partial charge is 0.286 e. The number of amides is 1. The van der Waals surface area contributed by atoms with Crippen molar-refractivity contribution < 1.29 is 28.7 Å². The number of nitro benzene ring substituents is 1. The van der Waals surface area contributed by atoms with Crippen molar-refractivity contribution in [3.05, 3.63) is 46.0 Å². The molecule has 9 nitrogen and oxygen atoms in total. The minimum Gasteiger partial charge on any atom is -0.493 e. The number of hydrogen-bond acceptors (Lipinski definition) is 7. The average molecular weight is 388 g/mol. The second-order valence-corrected chi connectivity index (χ2v) is 5.88. The molecule has 1 amide bonds. The lowest BCUT2D eigenvalue weighted by atomic mass is 10.1. The summed E-state index contributed by atoms with van der Waals surface area (Å²) < 4.78 is 21.7. The second kappa shape index (κ2) is 8.47. The maximum Gasteiger partial charge on any atom is 0.286 e. The summed E-state index contributed by atoms with van der Waals surface area (Å²) in [5.74, 6) is 0.876. The van der Waals surface area contributed by atoms with E-state index in [4.69, 9.17) is 18.9 Å². The number of anilines is 1. The van der Waals surface area contributed by atoms with Gasteiger partial charge in [-0.3, -0.25) is 14.9 Å². The van der Waals surface area contributed by atoms with Crippen molar-refractivity contribution in [2.45, 2.75) is 13.3 Å². The van der Waals surface area contributed by atoms with Crippen LogP contribution in [-0.4, -0.2) is 37.8 Å². The van der Waals surface area contributed by atoms with Crippen LogP contribution in [0.4, 0.5) is 11.4 Å². The van der Waals surface area contributed by atoms with Crippen LogP contribution in [-0.2, 0) is 0 Å². The molecule has 2 aromatic rings. The SMILES string of the molecule is CCOc1cc([N+](=O)[O-])c(C(=O)Nc2ccc3c(c2)OCCCO3)cc1OC. The lowest BCUT2D eigenvalue weighted by molar-refractivity contribution is -0.385. The van der Waals surface area contributed by atoms with Gasteiger partial charge in [0.15, 0.2) is 23.0 Å². The van der Waals surface area contributed by atoms with E-state index in [0.29, 0.717) is 37.0 Å². The quantitative estimate of drug-likeness (QED) is 0.596. The van der Waals surface area contributed by atoms with E-state index in [0.717, 1.165) is 6.42 Å². The van der Waals surface area contributed by atoms with Crippen molar-refractivity contribution >= 4 is 17.3 Å². The molecule has 0 bridgehead atoms. The Labute approximate surface area is 161 Å². The molecule has 9 heteroatoms. The van der Waals surface area contributed by atoms with E-state index >= 15 is 0 Å². The third-order valence-corrected chi connectivity index (χ3v) is 4.03. The first kappa shape index (κ1) is 19.3. The summed E-state index contributed by atoms with van der Waals surface area (Å²) in [6, 6.07) is 7.43. The Balaban J connectivity index is 1.91. The molecule has 1 heterocycles. The molecular weight excluding hydrogens is 368 g/mol. The molecule has 28 heavy (non-hydrogen) atoms. The van der Waals surface area contributed by atoms with Gasteiger partial charge in [0, 0.05) is 24.2 Å².